The van der Waals surface area contributed by atoms with Crippen LogP contribution in [0, 0.1) is 12.7 Å². The number of carbonyl (C=O) groups is 2. The number of rotatable bonds is 6. The van der Waals surface area contributed by atoms with Gasteiger partial charge in [-0.2, -0.15) is 10.1 Å². The van der Waals surface area contributed by atoms with Crippen LogP contribution >= 0.6 is 0 Å². The van der Waals surface area contributed by atoms with E-state index in [1.165, 1.54) is 18.5 Å². The molecule has 5 rings (SSSR count). The third-order valence-electron chi connectivity index (χ3n) is 7.11. The maximum absolute atomic E-state index is 13.4. The third kappa shape index (κ3) is 4.85. The van der Waals surface area contributed by atoms with Gasteiger partial charge in [0.1, 0.15) is 24.7 Å². The number of hydrogen-bond donors (Lipinski definition) is 0. The zero-order valence-corrected chi connectivity index (χ0v) is 21.8. The average molecular weight is 519 g/mol. The van der Waals surface area contributed by atoms with E-state index in [1.807, 2.05) is 43.0 Å². The second-order valence-electron chi connectivity index (χ2n) is 9.47. The predicted octanol–water partition coefficient (Wildman–Crippen LogP) is 3.32. The third-order valence-corrected chi connectivity index (χ3v) is 7.11. The Balaban J connectivity index is 1.39. The molecule has 1 unspecified atom stereocenters. The molecule has 3 aromatic rings. The summed E-state index contributed by atoms with van der Waals surface area (Å²) in [5, 5.41) is 4.45. The number of halogens is 1. The fraction of sp³-hybridized carbons (Fsp3) is 0.357. The van der Waals surface area contributed by atoms with Crippen LogP contribution in [0.3, 0.4) is 0 Å². The van der Waals surface area contributed by atoms with Crippen molar-refractivity contribution in [3.63, 3.8) is 0 Å². The van der Waals surface area contributed by atoms with E-state index in [4.69, 9.17) is 4.74 Å². The highest BCUT2D eigenvalue weighted by atomic mass is 19.1. The van der Waals surface area contributed by atoms with Gasteiger partial charge in [0.05, 0.1) is 12.2 Å². The summed E-state index contributed by atoms with van der Waals surface area (Å²) in [7, 11) is 0. The molecule has 198 valence electrons. The largest absolute Gasteiger partial charge is 0.463 e. The minimum absolute atomic E-state index is 0.0185. The number of benzene rings is 2. The second kappa shape index (κ2) is 10.6. The maximum Gasteiger partial charge on any atom is 0.338 e. The Morgan fingerprint density at radius 3 is 2.34 bits per heavy atom. The van der Waals surface area contributed by atoms with E-state index in [2.05, 4.69) is 15.0 Å². The number of allylic oxidation sites excluding steroid dienone is 1. The van der Waals surface area contributed by atoms with Crippen molar-refractivity contribution in [2.24, 2.45) is 0 Å². The fourth-order valence-electron chi connectivity index (χ4n) is 5.05. The van der Waals surface area contributed by atoms with E-state index in [0.29, 0.717) is 43.4 Å². The summed E-state index contributed by atoms with van der Waals surface area (Å²) in [6.45, 7) is 8.22. The number of piperazine rings is 1. The lowest BCUT2D eigenvalue weighted by atomic mass is 9.94. The molecule has 1 aromatic heterocycles. The van der Waals surface area contributed by atoms with Crippen LogP contribution in [-0.2, 0) is 14.3 Å². The summed E-state index contributed by atoms with van der Waals surface area (Å²) in [5.74, 6) is -0.289. The summed E-state index contributed by atoms with van der Waals surface area (Å²) in [6, 6.07) is 13.8. The molecule has 1 fully saturated rings. The van der Waals surface area contributed by atoms with Gasteiger partial charge in [0.25, 0.3) is 0 Å². The van der Waals surface area contributed by atoms with Gasteiger partial charge < -0.3 is 19.4 Å². The van der Waals surface area contributed by atoms with Gasteiger partial charge in [0, 0.05) is 37.6 Å². The molecule has 0 aliphatic carbocycles. The van der Waals surface area contributed by atoms with Crippen molar-refractivity contribution >= 4 is 23.5 Å². The second-order valence-corrected chi connectivity index (χ2v) is 9.47. The van der Waals surface area contributed by atoms with Crippen molar-refractivity contribution in [2.45, 2.75) is 26.8 Å². The maximum atomic E-state index is 13.4. The number of nitrogens with zero attached hydrogens (tertiary/aromatic N) is 6. The van der Waals surface area contributed by atoms with Crippen LogP contribution < -0.4 is 9.80 Å². The van der Waals surface area contributed by atoms with Crippen molar-refractivity contribution in [3.05, 3.63) is 83.1 Å². The van der Waals surface area contributed by atoms with Crippen molar-refractivity contribution in [1.82, 2.24) is 19.7 Å². The number of anilines is 2. The predicted molar refractivity (Wildman–Crippen MR) is 141 cm³/mol. The average Bonchev–Trinajstić information content (AvgIpc) is 3.41. The molecular weight excluding hydrogens is 487 g/mol. The number of ether oxygens (including phenoxy) is 1. The van der Waals surface area contributed by atoms with Crippen LogP contribution in [0.25, 0.3) is 0 Å². The van der Waals surface area contributed by atoms with Gasteiger partial charge in [-0.3, -0.25) is 4.79 Å². The van der Waals surface area contributed by atoms with Crippen LogP contribution in [0.5, 0.6) is 0 Å². The molecule has 3 heterocycles. The van der Waals surface area contributed by atoms with Crippen LogP contribution in [0.15, 0.2) is 66.1 Å². The SMILES string of the molecule is CCOC(=O)C1=C(C)N(CC(=O)N2CCN(c3ccc(F)cc3)CC2)c2ncnn2C1c1ccc(C)cc1. The van der Waals surface area contributed by atoms with E-state index >= 15 is 0 Å². The molecule has 9 nitrogen and oxygen atoms in total. The summed E-state index contributed by atoms with van der Waals surface area (Å²) in [6.07, 6.45) is 1.44. The molecule has 0 saturated carbocycles. The molecule has 1 saturated heterocycles. The van der Waals surface area contributed by atoms with Gasteiger partial charge in [-0.1, -0.05) is 29.8 Å². The standard InChI is InChI=1S/C28H31FN6O3/c1-4-38-27(37)25-20(3)34(28-30-18-31-35(28)26(25)21-7-5-19(2)6-8-21)17-24(36)33-15-13-32(14-16-33)23-11-9-22(29)10-12-23/h5-12,18,26H,4,13-17H2,1-3H3. The first kappa shape index (κ1) is 25.4. The van der Waals surface area contributed by atoms with E-state index in [1.54, 1.807) is 28.6 Å². The van der Waals surface area contributed by atoms with Gasteiger partial charge in [0.2, 0.25) is 11.9 Å². The molecule has 38 heavy (non-hydrogen) atoms. The van der Waals surface area contributed by atoms with Gasteiger partial charge in [-0.25, -0.2) is 13.9 Å². The molecule has 10 heteroatoms. The first-order valence-corrected chi connectivity index (χ1v) is 12.8. The molecular formula is C28H31FN6O3. The van der Waals surface area contributed by atoms with Gasteiger partial charge in [-0.05, 0) is 50.6 Å². The Bertz CT molecular complexity index is 1340. The molecule has 0 N–H and O–H groups in total. The quantitative estimate of drug-likeness (QED) is 0.463. The normalized spacial score (nSPS) is 17.5. The molecule has 2 aromatic carbocycles. The molecule has 0 radical (unpaired) electrons. The van der Waals surface area contributed by atoms with E-state index < -0.39 is 12.0 Å². The van der Waals surface area contributed by atoms with E-state index in [-0.39, 0.29) is 24.9 Å². The summed E-state index contributed by atoms with van der Waals surface area (Å²) < 4.78 is 20.4. The topological polar surface area (TPSA) is 83.8 Å². The zero-order chi connectivity index (χ0) is 26.8. The number of fused-ring (bicyclic) bond motifs is 1. The number of aromatic nitrogens is 3. The van der Waals surface area contributed by atoms with E-state index in [0.717, 1.165) is 16.8 Å². The van der Waals surface area contributed by atoms with Crippen molar-refractivity contribution in [1.29, 1.82) is 0 Å². The molecule has 0 bridgehead atoms. The summed E-state index contributed by atoms with van der Waals surface area (Å²) >= 11 is 0. The van der Waals surface area contributed by atoms with Gasteiger partial charge in [-0.15, -0.1) is 0 Å². The van der Waals surface area contributed by atoms with Crippen LogP contribution in [0.2, 0.25) is 0 Å². The Kier molecular flexibility index (Phi) is 7.13. The highest BCUT2D eigenvalue weighted by molar-refractivity contribution is 5.93. The number of aryl methyl sites for hydroxylation is 1. The van der Waals surface area contributed by atoms with Crippen LogP contribution in [0.4, 0.5) is 16.0 Å². The Labute approximate surface area is 221 Å². The lowest BCUT2D eigenvalue weighted by molar-refractivity contribution is -0.139. The monoisotopic (exact) mass is 518 g/mol. The van der Waals surface area contributed by atoms with Crippen molar-refractivity contribution in [3.8, 4) is 0 Å². The van der Waals surface area contributed by atoms with Crippen molar-refractivity contribution in [2.75, 3.05) is 49.1 Å². The van der Waals surface area contributed by atoms with Crippen molar-refractivity contribution < 1.29 is 18.7 Å². The van der Waals surface area contributed by atoms with Gasteiger partial charge >= 0.3 is 5.97 Å². The van der Waals surface area contributed by atoms with Crippen LogP contribution in [-0.4, -0.2) is 70.9 Å². The smallest absolute Gasteiger partial charge is 0.338 e. The molecule has 1 atom stereocenters. The van der Waals surface area contributed by atoms with Crippen LogP contribution in [0.1, 0.15) is 31.0 Å². The lowest BCUT2D eigenvalue weighted by Gasteiger charge is -2.39. The Hall–Kier alpha value is -4.21. The minimum atomic E-state index is -0.516. The number of amides is 1. The number of esters is 1. The first-order chi connectivity index (χ1) is 18.4. The Morgan fingerprint density at radius 2 is 1.68 bits per heavy atom. The fourth-order valence-corrected chi connectivity index (χ4v) is 5.05. The summed E-state index contributed by atoms with van der Waals surface area (Å²) in [5.41, 5.74) is 3.97. The first-order valence-electron chi connectivity index (χ1n) is 12.8. The molecule has 1 amide bonds. The van der Waals surface area contributed by atoms with E-state index in [9.17, 15) is 14.0 Å². The zero-order valence-electron chi connectivity index (χ0n) is 21.8. The minimum Gasteiger partial charge on any atom is -0.463 e. The highest BCUT2D eigenvalue weighted by Gasteiger charge is 2.39. The molecule has 2 aliphatic heterocycles. The summed E-state index contributed by atoms with van der Waals surface area (Å²) in [4.78, 5) is 36.8. The Morgan fingerprint density at radius 1 is 1.00 bits per heavy atom. The highest BCUT2D eigenvalue weighted by Crippen LogP contribution is 2.38. The number of hydrogen-bond acceptors (Lipinski definition) is 7. The molecule has 2 aliphatic rings. The lowest BCUT2D eigenvalue weighted by Crippen LogP contribution is -2.52. The number of carbonyl (C=O) groups excluding carboxylic acids is 2. The molecule has 0 spiro atoms. The van der Waals surface area contributed by atoms with Gasteiger partial charge in [0.15, 0.2) is 0 Å².